The van der Waals surface area contributed by atoms with Crippen molar-refractivity contribution >= 4 is 35.0 Å². The Balaban J connectivity index is 1.45. The first-order valence-corrected chi connectivity index (χ1v) is 11.6. The van der Waals surface area contributed by atoms with Crippen molar-refractivity contribution in [3.63, 3.8) is 0 Å². The van der Waals surface area contributed by atoms with Gasteiger partial charge >= 0.3 is 0 Å². The molecular formula is C27H26ClN3O3. The van der Waals surface area contributed by atoms with Gasteiger partial charge in [0.1, 0.15) is 0 Å². The number of rotatable bonds is 8. The summed E-state index contributed by atoms with van der Waals surface area (Å²) >= 11 is 6.18. The molecule has 174 valence electrons. The Morgan fingerprint density at radius 2 is 1.74 bits per heavy atom. The average molecular weight is 476 g/mol. The lowest BCUT2D eigenvalue weighted by molar-refractivity contribution is -0.128. The van der Waals surface area contributed by atoms with Gasteiger partial charge in [0, 0.05) is 25.2 Å². The average Bonchev–Trinajstić information content (AvgIpc) is 3.23. The second-order valence-electron chi connectivity index (χ2n) is 8.29. The third-order valence-electron chi connectivity index (χ3n) is 5.77. The van der Waals surface area contributed by atoms with Crippen molar-refractivity contribution in [3.8, 4) is 0 Å². The molecule has 7 heteroatoms. The van der Waals surface area contributed by atoms with Crippen molar-refractivity contribution in [2.24, 2.45) is 0 Å². The number of likely N-dealkylation sites (tertiary alicyclic amines) is 1. The zero-order chi connectivity index (χ0) is 23.9. The molecule has 1 unspecified atom stereocenters. The molecule has 0 aliphatic carbocycles. The highest BCUT2D eigenvalue weighted by molar-refractivity contribution is 6.33. The van der Waals surface area contributed by atoms with E-state index in [4.69, 9.17) is 11.6 Å². The molecule has 0 spiro atoms. The zero-order valence-electron chi connectivity index (χ0n) is 18.7. The Bertz CT molecular complexity index is 1180. The van der Waals surface area contributed by atoms with Crippen LogP contribution < -0.4 is 10.6 Å². The normalized spacial score (nSPS) is 14.0. The summed E-state index contributed by atoms with van der Waals surface area (Å²) in [6.45, 7) is 1.29. The van der Waals surface area contributed by atoms with E-state index in [1.165, 1.54) is 0 Å². The van der Waals surface area contributed by atoms with E-state index in [0.29, 0.717) is 29.2 Å². The third-order valence-corrected chi connectivity index (χ3v) is 6.10. The van der Waals surface area contributed by atoms with Crippen LogP contribution in [0.3, 0.4) is 0 Å². The molecule has 3 amide bonds. The molecule has 1 heterocycles. The van der Waals surface area contributed by atoms with Gasteiger partial charge in [0.15, 0.2) is 0 Å². The molecule has 34 heavy (non-hydrogen) atoms. The van der Waals surface area contributed by atoms with E-state index in [2.05, 4.69) is 10.6 Å². The van der Waals surface area contributed by atoms with Gasteiger partial charge in [0.2, 0.25) is 11.8 Å². The Labute approximate surface area is 203 Å². The van der Waals surface area contributed by atoms with Crippen LogP contribution in [-0.4, -0.2) is 29.2 Å². The summed E-state index contributed by atoms with van der Waals surface area (Å²) in [6.07, 6.45) is 1.53. The van der Waals surface area contributed by atoms with E-state index >= 15 is 0 Å². The monoisotopic (exact) mass is 475 g/mol. The summed E-state index contributed by atoms with van der Waals surface area (Å²) in [4.78, 5) is 39.6. The number of hydrogen-bond donors (Lipinski definition) is 2. The summed E-state index contributed by atoms with van der Waals surface area (Å²) < 4.78 is 0. The lowest BCUT2D eigenvalue weighted by Crippen LogP contribution is -2.31. The first-order chi connectivity index (χ1) is 16.5. The summed E-state index contributed by atoms with van der Waals surface area (Å²) in [6, 6.07) is 23.1. The largest absolute Gasteiger partial charge is 0.345 e. The van der Waals surface area contributed by atoms with E-state index < -0.39 is 6.04 Å². The molecular weight excluding hydrogens is 450 g/mol. The third kappa shape index (κ3) is 6.02. The number of nitrogens with zero attached hydrogens (tertiary/aromatic N) is 1. The Morgan fingerprint density at radius 1 is 0.971 bits per heavy atom. The number of carbonyl (C=O) groups excluding carboxylic acids is 3. The van der Waals surface area contributed by atoms with Crippen LogP contribution in [0.5, 0.6) is 0 Å². The van der Waals surface area contributed by atoms with Crippen LogP contribution in [-0.2, 0) is 16.1 Å². The van der Waals surface area contributed by atoms with Gasteiger partial charge in [-0.05, 0) is 41.8 Å². The number of hydrogen-bond acceptors (Lipinski definition) is 3. The van der Waals surface area contributed by atoms with Gasteiger partial charge in [-0.2, -0.15) is 0 Å². The molecule has 2 N–H and O–H groups in total. The SMILES string of the molecule is O=C(CC(NC(=O)c1ccccc1Cl)c1ccccc1)Nc1cccc(CN2CCCC2=O)c1. The molecule has 3 aromatic rings. The number of benzene rings is 3. The van der Waals surface area contributed by atoms with Crippen LogP contribution in [0.15, 0.2) is 78.9 Å². The number of nitrogens with one attached hydrogen (secondary N) is 2. The van der Waals surface area contributed by atoms with Crippen LogP contribution in [0.2, 0.25) is 5.02 Å². The number of anilines is 1. The minimum absolute atomic E-state index is 0.0506. The van der Waals surface area contributed by atoms with E-state index in [-0.39, 0.29) is 24.1 Å². The molecule has 0 saturated carbocycles. The molecule has 0 radical (unpaired) electrons. The number of halogens is 1. The van der Waals surface area contributed by atoms with Crippen molar-refractivity contribution in [1.29, 1.82) is 0 Å². The lowest BCUT2D eigenvalue weighted by atomic mass is 10.0. The number of amides is 3. The summed E-state index contributed by atoms with van der Waals surface area (Å²) in [5.41, 5.74) is 2.78. The fraction of sp³-hybridized carbons (Fsp3) is 0.222. The predicted molar refractivity (Wildman–Crippen MR) is 132 cm³/mol. The van der Waals surface area contributed by atoms with Crippen LogP contribution in [0.25, 0.3) is 0 Å². The second kappa shape index (κ2) is 11.0. The maximum absolute atomic E-state index is 12.9. The van der Waals surface area contributed by atoms with Gasteiger partial charge in [0.05, 0.1) is 23.0 Å². The fourth-order valence-corrected chi connectivity index (χ4v) is 4.28. The smallest absolute Gasteiger partial charge is 0.253 e. The maximum atomic E-state index is 12.9. The molecule has 4 rings (SSSR count). The zero-order valence-corrected chi connectivity index (χ0v) is 19.4. The van der Waals surface area contributed by atoms with Crippen molar-refractivity contribution in [1.82, 2.24) is 10.2 Å². The van der Waals surface area contributed by atoms with Crippen LogP contribution in [0.1, 0.15) is 46.8 Å². The van der Waals surface area contributed by atoms with Gasteiger partial charge in [-0.25, -0.2) is 0 Å². The minimum atomic E-state index is -0.532. The summed E-state index contributed by atoms with van der Waals surface area (Å²) in [5, 5.41) is 6.22. The minimum Gasteiger partial charge on any atom is -0.345 e. The van der Waals surface area contributed by atoms with Crippen molar-refractivity contribution in [2.45, 2.75) is 31.8 Å². The molecule has 1 aliphatic heterocycles. The van der Waals surface area contributed by atoms with E-state index in [1.807, 2.05) is 59.5 Å². The van der Waals surface area contributed by atoms with Gasteiger partial charge in [-0.1, -0.05) is 66.2 Å². The molecule has 6 nitrogen and oxygen atoms in total. The van der Waals surface area contributed by atoms with E-state index in [9.17, 15) is 14.4 Å². The molecule has 0 bridgehead atoms. The summed E-state index contributed by atoms with van der Waals surface area (Å²) in [7, 11) is 0. The van der Waals surface area contributed by atoms with Gasteiger partial charge in [-0.15, -0.1) is 0 Å². The molecule has 1 saturated heterocycles. The van der Waals surface area contributed by atoms with E-state index in [0.717, 1.165) is 24.1 Å². The lowest BCUT2D eigenvalue weighted by Gasteiger charge is -2.20. The van der Waals surface area contributed by atoms with Crippen LogP contribution >= 0.6 is 11.6 Å². The molecule has 1 fully saturated rings. The first kappa shape index (κ1) is 23.5. The Kier molecular flexibility index (Phi) is 7.60. The summed E-state index contributed by atoms with van der Waals surface area (Å²) in [5.74, 6) is -0.415. The maximum Gasteiger partial charge on any atom is 0.253 e. The number of carbonyl (C=O) groups is 3. The molecule has 1 aliphatic rings. The quantitative estimate of drug-likeness (QED) is 0.483. The van der Waals surface area contributed by atoms with Crippen molar-refractivity contribution in [2.75, 3.05) is 11.9 Å². The highest BCUT2D eigenvalue weighted by Gasteiger charge is 2.22. The fourth-order valence-electron chi connectivity index (χ4n) is 4.06. The first-order valence-electron chi connectivity index (χ1n) is 11.3. The Morgan fingerprint density at radius 3 is 2.47 bits per heavy atom. The van der Waals surface area contributed by atoms with Gasteiger partial charge in [-0.3, -0.25) is 14.4 Å². The highest BCUT2D eigenvalue weighted by atomic mass is 35.5. The molecule has 3 aromatic carbocycles. The topological polar surface area (TPSA) is 78.5 Å². The standard InChI is InChI=1S/C27H26ClN3O3/c28-23-13-5-4-12-22(23)27(34)30-24(20-9-2-1-3-10-20)17-25(32)29-21-11-6-8-19(16-21)18-31-15-7-14-26(31)33/h1-6,8-13,16,24H,7,14-15,17-18H2,(H,29,32)(H,30,34). The Hall–Kier alpha value is -3.64. The molecule has 0 aromatic heterocycles. The van der Waals surface area contributed by atoms with Crippen molar-refractivity contribution in [3.05, 3.63) is 101 Å². The predicted octanol–water partition coefficient (Wildman–Crippen LogP) is 4.96. The highest BCUT2D eigenvalue weighted by Crippen LogP contribution is 2.22. The van der Waals surface area contributed by atoms with Gasteiger partial charge in [0.25, 0.3) is 5.91 Å². The molecule has 1 atom stereocenters. The second-order valence-corrected chi connectivity index (χ2v) is 8.70. The van der Waals surface area contributed by atoms with Gasteiger partial charge < -0.3 is 15.5 Å². The van der Waals surface area contributed by atoms with Crippen LogP contribution in [0, 0.1) is 0 Å². The van der Waals surface area contributed by atoms with E-state index in [1.54, 1.807) is 24.3 Å². The van der Waals surface area contributed by atoms with Crippen LogP contribution in [0.4, 0.5) is 5.69 Å². The van der Waals surface area contributed by atoms with Crippen molar-refractivity contribution < 1.29 is 14.4 Å².